The van der Waals surface area contributed by atoms with Crippen molar-refractivity contribution in [3.05, 3.63) is 95.2 Å². The van der Waals surface area contributed by atoms with Crippen molar-refractivity contribution in [2.24, 2.45) is 5.92 Å². The number of aromatic nitrogens is 1. The van der Waals surface area contributed by atoms with E-state index in [-0.39, 0.29) is 12.1 Å². The SMILES string of the molecule is COC(=O)[C@@H](Cc1ccccc1)C(=O)NC(Cc1ccc(NS(=O)(=O)O)cc1)c1csc(-c2ccco2)n1. The molecule has 0 aliphatic rings. The van der Waals surface area contributed by atoms with Crippen LogP contribution in [-0.4, -0.2) is 36.9 Å². The zero-order valence-electron chi connectivity index (χ0n) is 20.2. The minimum Gasteiger partial charge on any atom is -0.468 e. The summed E-state index contributed by atoms with van der Waals surface area (Å²) in [6, 6.07) is 18.4. The topological polar surface area (TPSA) is 148 Å². The third kappa shape index (κ3) is 7.28. The van der Waals surface area contributed by atoms with Crippen molar-refractivity contribution in [3.63, 3.8) is 0 Å². The van der Waals surface area contributed by atoms with E-state index in [1.165, 1.54) is 30.6 Å². The molecule has 3 N–H and O–H groups in total. The lowest BCUT2D eigenvalue weighted by Gasteiger charge is -2.21. The lowest BCUT2D eigenvalue weighted by Crippen LogP contribution is -2.40. The molecule has 0 radical (unpaired) electrons. The fraction of sp³-hybridized carbons (Fsp3) is 0.192. The van der Waals surface area contributed by atoms with E-state index in [0.717, 1.165) is 11.1 Å². The van der Waals surface area contributed by atoms with Crippen LogP contribution in [0.3, 0.4) is 0 Å². The highest BCUT2D eigenvalue weighted by atomic mass is 32.2. The molecule has 2 aromatic heterocycles. The van der Waals surface area contributed by atoms with Gasteiger partial charge in [0.1, 0.15) is 5.92 Å². The number of carbonyl (C=O) groups is 2. The second-order valence-corrected chi connectivity index (χ2v) is 10.4. The van der Waals surface area contributed by atoms with E-state index >= 15 is 0 Å². The van der Waals surface area contributed by atoms with Gasteiger partial charge in [-0.05, 0) is 48.2 Å². The average molecular weight is 556 g/mol. The highest BCUT2D eigenvalue weighted by Gasteiger charge is 2.31. The first-order chi connectivity index (χ1) is 18.2. The Bertz CT molecular complexity index is 1470. The summed E-state index contributed by atoms with van der Waals surface area (Å²) >= 11 is 1.35. The lowest BCUT2D eigenvalue weighted by molar-refractivity contribution is -0.150. The van der Waals surface area contributed by atoms with E-state index in [1.807, 2.05) is 35.1 Å². The number of hydrogen-bond acceptors (Lipinski definition) is 8. The Balaban J connectivity index is 1.59. The molecule has 0 bridgehead atoms. The monoisotopic (exact) mass is 555 g/mol. The molecule has 4 aromatic rings. The van der Waals surface area contributed by atoms with Gasteiger partial charge in [-0.15, -0.1) is 11.3 Å². The summed E-state index contributed by atoms with van der Waals surface area (Å²) in [5.74, 6) is -1.65. The van der Waals surface area contributed by atoms with Crippen LogP contribution < -0.4 is 10.0 Å². The Labute approximate surface area is 223 Å². The normalized spacial score (nSPS) is 12.9. The number of carbonyl (C=O) groups excluding carboxylic acids is 2. The molecule has 198 valence electrons. The van der Waals surface area contributed by atoms with Crippen LogP contribution >= 0.6 is 11.3 Å². The van der Waals surface area contributed by atoms with Gasteiger partial charge in [0, 0.05) is 5.38 Å². The number of furan rings is 1. The molecule has 1 amide bonds. The number of amides is 1. The maximum absolute atomic E-state index is 13.4. The Morgan fingerprint density at radius 2 is 1.74 bits per heavy atom. The van der Waals surface area contributed by atoms with Crippen molar-refractivity contribution in [3.8, 4) is 10.8 Å². The number of nitrogens with one attached hydrogen (secondary N) is 2. The summed E-state index contributed by atoms with van der Waals surface area (Å²) in [4.78, 5) is 30.6. The second-order valence-electron chi connectivity index (χ2n) is 8.36. The first-order valence-electron chi connectivity index (χ1n) is 11.5. The van der Waals surface area contributed by atoms with Crippen LogP contribution in [0.2, 0.25) is 0 Å². The largest absolute Gasteiger partial charge is 0.468 e. The molecule has 0 aliphatic carbocycles. The van der Waals surface area contributed by atoms with E-state index in [1.54, 1.807) is 35.9 Å². The van der Waals surface area contributed by atoms with Gasteiger partial charge in [0.05, 0.1) is 30.8 Å². The summed E-state index contributed by atoms with van der Waals surface area (Å²) in [6.45, 7) is 0. The van der Waals surface area contributed by atoms with Gasteiger partial charge in [-0.25, -0.2) is 4.98 Å². The molecule has 2 heterocycles. The number of rotatable bonds is 11. The Hall–Kier alpha value is -4.00. The van der Waals surface area contributed by atoms with Gasteiger partial charge in [0.15, 0.2) is 10.8 Å². The number of benzene rings is 2. The molecule has 38 heavy (non-hydrogen) atoms. The maximum atomic E-state index is 13.4. The molecule has 10 nitrogen and oxygen atoms in total. The molecule has 0 aliphatic heterocycles. The number of hydrogen-bond donors (Lipinski definition) is 3. The zero-order valence-corrected chi connectivity index (χ0v) is 21.9. The van der Waals surface area contributed by atoms with Crippen molar-refractivity contribution in [1.29, 1.82) is 0 Å². The molecule has 0 spiro atoms. The third-order valence-electron chi connectivity index (χ3n) is 5.65. The molecule has 1 unspecified atom stereocenters. The minimum absolute atomic E-state index is 0.163. The van der Waals surface area contributed by atoms with Gasteiger partial charge in [-0.1, -0.05) is 42.5 Å². The summed E-state index contributed by atoms with van der Waals surface area (Å²) < 4.78 is 43.5. The number of methoxy groups -OCH3 is 1. The second kappa shape index (κ2) is 12.0. The van der Waals surface area contributed by atoms with Gasteiger partial charge < -0.3 is 14.5 Å². The molecule has 2 aromatic carbocycles. The number of ether oxygens (including phenoxy) is 1. The van der Waals surface area contributed by atoms with E-state index in [9.17, 15) is 18.0 Å². The predicted octanol–water partition coefficient (Wildman–Crippen LogP) is 4.05. The Morgan fingerprint density at radius 3 is 2.37 bits per heavy atom. The quantitative estimate of drug-likeness (QED) is 0.143. The summed E-state index contributed by atoms with van der Waals surface area (Å²) in [5.41, 5.74) is 2.31. The summed E-state index contributed by atoms with van der Waals surface area (Å²) in [5, 5.41) is 5.39. The summed E-state index contributed by atoms with van der Waals surface area (Å²) in [7, 11) is -3.17. The zero-order chi connectivity index (χ0) is 27.1. The van der Waals surface area contributed by atoms with Crippen molar-refractivity contribution in [2.45, 2.75) is 18.9 Å². The molecule has 0 saturated carbocycles. The third-order valence-corrected chi connectivity index (χ3v) is 7.02. The highest BCUT2D eigenvalue weighted by molar-refractivity contribution is 7.87. The van der Waals surface area contributed by atoms with Crippen LogP contribution in [-0.2, 0) is 37.5 Å². The summed E-state index contributed by atoms with van der Waals surface area (Å²) in [6.07, 6.45) is 2.00. The Morgan fingerprint density at radius 1 is 1.03 bits per heavy atom. The standard InChI is InChI=1S/C26H25N3O7S2/c1-35-26(31)20(14-17-6-3-2-4-7-17)24(30)27-21(22-16-37-25(28-22)23-8-5-13-36-23)15-18-9-11-19(12-10-18)29-38(32,33)34/h2-13,16,20-21,29H,14-15H2,1H3,(H,27,30)(H,32,33,34)/t20-,21?/m0/s1. The first kappa shape index (κ1) is 27.0. The highest BCUT2D eigenvalue weighted by Crippen LogP contribution is 2.29. The molecule has 12 heteroatoms. The smallest absolute Gasteiger partial charge is 0.357 e. The minimum atomic E-state index is -4.41. The van der Waals surface area contributed by atoms with Gasteiger partial charge in [-0.2, -0.15) is 8.42 Å². The van der Waals surface area contributed by atoms with Crippen LogP contribution in [0.5, 0.6) is 0 Å². The fourth-order valence-electron chi connectivity index (χ4n) is 3.83. The number of nitrogens with zero attached hydrogens (tertiary/aromatic N) is 1. The van der Waals surface area contributed by atoms with Crippen LogP contribution in [0.25, 0.3) is 10.8 Å². The van der Waals surface area contributed by atoms with Gasteiger partial charge in [-0.3, -0.25) is 18.9 Å². The predicted molar refractivity (Wildman–Crippen MR) is 142 cm³/mol. The van der Waals surface area contributed by atoms with E-state index < -0.39 is 34.1 Å². The molecule has 0 saturated heterocycles. The van der Waals surface area contributed by atoms with Gasteiger partial charge in [0.2, 0.25) is 5.91 Å². The average Bonchev–Trinajstić information content (AvgIpc) is 3.60. The van der Waals surface area contributed by atoms with E-state index in [0.29, 0.717) is 22.9 Å². The van der Waals surface area contributed by atoms with Crippen molar-refractivity contribution in [1.82, 2.24) is 10.3 Å². The van der Waals surface area contributed by atoms with Crippen LogP contribution in [0.4, 0.5) is 5.69 Å². The van der Waals surface area contributed by atoms with Crippen molar-refractivity contribution in [2.75, 3.05) is 11.8 Å². The number of thiazole rings is 1. The van der Waals surface area contributed by atoms with Crippen molar-refractivity contribution >= 4 is 39.2 Å². The lowest BCUT2D eigenvalue weighted by atomic mass is 9.97. The van der Waals surface area contributed by atoms with E-state index in [4.69, 9.17) is 13.7 Å². The van der Waals surface area contributed by atoms with Crippen LogP contribution in [0, 0.1) is 5.92 Å². The van der Waals surface area contributed by atoms with Crippen LogP contribution in [0.15, 0.2) is 82.8 Å². The first-order valence-corrected chi connectivity index (χ1v) is 13.8. The molecule has 2 atom stereocenters. The van der Waals surface area contributed by atoms with Crippen molar-refractivity contribution < 1.29 is 31.7 Å². The number of esters is 1. The number of anilines is 1. The Kier molecular flexibility index (Phi) is 8.56. The van der Waals surface area contributed by atoms with Crippen LogP contribution in [0.1, 0.15) is 22.9 Å². The fourth-order valence-corrected chi connectivity index (χ4v) is 5.10. The molecule has 0 fully saturated rings. The molecule has 4 rings (SSSR count). The maximum Gasteiger partial charge on any atom is 0.357 e. The molecular formula is C26H25N3O7S2. The van der Waals surface area contributed by atoms with Gasteiger partial charge in [0.25, 0.3) is 0 Å². The van der Waals surface area contributed by atoms with Gasteiger partial charge >= 0.3 is 16.3 Å². The van der Waals surface area contributed by atoms with E-state index in [2.05, 4.69) is 10.3 Å². The molecular weight excluding hydrogens is 530 g/mol.